The number of hydrogen-bond acceptors (Lipinski definition) is 1. The first-order valence-electron chi connectivity index (χ1n) is 38.9. The number of benzene rings is 20. The van der Waals surface area contributed by atoms with E-state index in [0.717, 1.165) is 0 Å². The van der Waals surface area contributed by atoms with Gasteiger partial charge in [-0.15, -0.1) is 11.3 Å². The monoisotopic (exact) mass is 1430 g/mol. The molecule has 0 atom stereocenters. The van der Waals surface area contributed by atoms with Crippen LogP contribution in [-0.4, -0.2) is 0 Å². The van der Waals surface area contributed by atoms with Crippen molar-refractivity contribution >= 4 is 118 Å². The van der Waals surface area contributed by atoms with E-state index in [1.54, 1.807) is 0 Å². The van der Waals surface area contributed by atoms with E-state index in [4.69, 9.17) is 0 Å². The van der Waals surface area contributed by atoms with E-state index >= 15 is 0 Å². The summed E-state index contributed by atoms with van der Waals surface area (Å²) < 4.78 is 2.68. The first kappa shape index (κ1) is 64.8. The summed E-state index contributed by atoms with van der Waals surface area (Å²) in [5, 5.41) is 23.1. The molecule has 0 radical (unpaired) electrons. The third-order valence-corrected chi connectivity index (χ3v) is 26.0. The first-order chi connectivity index (χ1) is 54.6. The molecule has 23 rings (SSSR count). The van der Waals surface area contributed by atoms with Gasteiger partial charge in [0, 0.05) is 36.6 Å². The van der Waals surface area contributed by atoms with Crippen LogP contribution in [0.5, 0.6) is 0 Å². The van der Waals surface area contributed by atoms with Crippen LogP contribution in [0.4, 0.5) is 0 Å². The van der Waals surface area contributed by atoms with Gasteiger partial charge >= 0.3 is 0 Å². The molecule has 0 saturated heterocycles. The van der Waals surface area contributed by atoms with Gasteiger partial charge in [-0.05, 0) is 245 Å². The highest BCUT2D eigenvalue weighted by Gasteiger charge is 2.40. The normalized spacial score (nSPS) is 13.2. The Labute approximate surface area is 650 Å². The maximum atomic E-state index is 2.44. The van der Waals surface area contributed by atoms with Crippen LogP contribution in [0.1, 0.15) is 49.9 Å². The number of fused-ring (bicyclic) bond motifs is 18. The van der Waals surface area contributed by atoms with E-state index in [1.807, 2.05) is 11.3 Å². The quantitative estimate of drug-likeness (QED) is 0.110. The lowest BCUT2D eigenvalue weighted by molar-refractivity contribution is 0.663. The van der Waals surface area contributed by atoms with Crippen LogP contribution in [0.15, 0.2) is 376 Å². The lowest BCUT2D eigenvalue weighted by atomic mass is 9.78. The molecule has 0 unspecified atom stereocenters. The van der Waals surface area contributed by atoms with Gasteiger partial charge in [0.15, 0.2) is 0 Å². The standard InChI is InChI=1S/C59H40.C51H34S/c1-59(2)55-36-38-18-4-3-17-37(38)34-54(55)52-32-16-31-43(58(52)59)39-20-15-21-41(33-39)56-48-27-11-13-29-50(48)57(51-30-14-12-28-49(51)56)47-26-10-9-25-46(47)53-35-40-19-5-6-22-42(40)44-23-7-8-24-45(44)53;1-51(2)45-30-34-14-4-3-13-33(34)29-44(45)41-21-11-20-35(49(41)51)31-25-27-32(28-26-31)47-37-16-5-7-18-39(37)48(40-19-8-6-17-38(40)47)43-23-12-22-42-36-15-9-10-24-46(36)52-50(42)43/h3-36H,1-2H3;3-30H,1-2H3. The second-order valence-electron chi connectivity index (χ2n) is 31.6. The highest BCUT2D eigenvalue weighted by atomic mass is 32.1. The van der Waals surface area contributed by atoms with Crippen molar-refractivity contribution in [3.05, 3.63) is 398 Å². The fourth-order valence-corrected chi connectivity index (χ4v) is 21.1. The molecule has 0 bridgehead atoms. The van der Waals surface area contributed by atoms with Crippen LogP contribution in [0.3, 0.4) is 0 Å². The predicted molar refractivity (Wildman–Crippen MR) is 479 cm³/mol. The SMILES string of the molecule is CC1(C)c2cc3ccccc3cc2-c2cccc(-c3ccc(-c4c5ccccc5c(-c5cccc6c5sc5ccccc56)c5ccccc45)cc3)c21.CC1(C)c2cc3ccccc3cc2-c2cccc(-c3cccc(-c4c5ccccc5c(-c5ccccc5-c5cc6ccccc6c6ccccc56)c5ccccc45)c3)c21. The molecule has 0 saturated carbocycles. The van der Waals surface area contributed by atoms with Gasteiger partial charge in [0.05, 0.1) is 0 Å². The average Bonchev–Trinajstić information content (AvgIpc) is 1.71. The molecule has 0 N–H and O–H groups in total. The van der Waals surface area contributed by atoms with Crippen LogP contribution in [0.25, 0.3) is 206 Å². The molecule has 0 fully saturated rings. The van der Waals surface area contributed by atoms with Gasteiger partial charge in [0.25, 0.3) is 0 Å². The molecule has 520 valence electrons. The number of hydrogen-bond donors (Lipinski definition) is 0. The summed E-state index contributed by atoms with van der Waals surface area (Å²) in [6, 6.07) is 140. The maximum absolute atomic E-state index is 2.44. The average molecular weight is 1430 g/mol. The van der Waals surface area contributed by atoms with E-state index in [2.05, 4.69) is 404 Å². The Morgan fingerprint density at radius 1 is 0.180 bits per heavy atom. The Bertz CT molecular complexity index is 7390. The maximum Gasteiger partial charge on any atom is 0.0434 e. The van der Waals surface area contributed by atoms with E-state index in [1.165, 1.54) is 229 Å². The van der Waals surface area contributed by atoms with Crippen LogP contribution in [-0.2, 0) is 10.8 Å². The molecule has 0 spiro atoms. The Balaban J connectivity index is 0.000000138. The first-order valence-corrected chi connectivity index (χ1v) is 39.8. The molecular formula is C110H74S. The van der Waals surface area contributed by atoms with Crippen molar-refractivity contribution in [3.63, 3.8) is 0 Å². The highest BCUT2D eigenvalue weighted by Crippen LogP contribution is 2.57. The molecule has 1 aromatic heterocycles. The Morgan fingerprint density at radius 3 is 1.07 bits per heavy atom. The van der Waals surface area contributed by atoms with Crippen molar-refractivity contribution < 1.29 is 0 Å². The van der Waals surface area contributed by atoms with Crippen molar-refractivity contribution in [2.75, 3.05) is 0 Å². The van der Waals surface area contributed by atoms with Crippen molar-refractivity contribution in [1.82, 2.24) is 0 Å². The summed E-state index contributed by atoms with van der Waals surface area (Å²) in [6.45, 7) is 9.59. The molecule has 20 aromatic carbocycles. The Hall–Kier alpha value is -13.3. The van der Waals surface area contributed by atoms with E-state index < -0.39 is 0 Å². The molecule has 0 amide bonds. The van der Waals surface area contributed by atoms with Crippen LogP contribution >= 0.6 is 11.3 Å². The van der Waals surface area contributed by atoms with Gasteiger partial charge in [-0.25, -0.2) is 0 Å². The molecule has 0 nitrogen and oxygen atoms in total. The predicted octanol–water partition coefficient (Wildman–Crippen LogP) is 31.2. The van der Waals surface area contributed by atoms with Gasteiger partial charge < -0.3 is 0 Å². The fourth-order valence-electron chi connectivity index (χ4n) is 19.9. The van der Waals surface area contributed by atoms with E-state index in [-0.39, 0.29) is 10.8 Å². The molecule has 21 aromatic rings. The minimum atomic E-state index is -0.147. The van der Waals surface area contributed by atoms with Gasteiger partial charge in [-0.1, -0.05) is 361 Å². The lowest BCUT2D eigenvalue weighted by Gasteiger charge is -2.25. The van der Waals surface area contributed by atoms with Crippen molar-refractivity contribution in [2.45, 2.75) is 38.5 Å². The fraction of sp³-hybridized carbons (Fsp3) is 0.0545. The third-order valence-electron chi connectivity index (χ3n) is 24.8. The summed E-state index contributed by atoms with van der Waals surface area (Å²) in [4.78, 5) is 0. The molecule has 1 heterocycles. The summed E-state index contributed by atoms with van der Waals surface area (Å²) in [5.41, 5.74) is 28.6. The Morgan fingerprint density at radius 2 is 0.523 bits per heavy atom. The van der Waals surface area contributed by atoms with Crippen molar-refractivity contribution in [3.8, 4) is 100 Å². The van der Waals surface area contributed by atoms with Crippen LogP contribution in [0.2, 0.25) is 0 Å². The van der Waals surface area contributed by atoms with E-state index in [0.29, 0.717) is 0 Å². The zero-order valence-electron chi connectivity index (χ0n) is 62.2. The van der Waals surface area contributed by atoms with Crippen molar-refractivity contribution in [2.24, 2.45) is 0 Å². The minimum Gasteiger partial charge on any atom is -0.135 e. The van der Waals surface area contributed by atoms with Crippen molar-refractivity contribution in [1.29, 1.82) is 0 Å². The molecule has 0 aliphatic heterocycles. The van der Waals surface area contributed by atoms with Gasteiger partial charge in [0.2, 0.25) is 0 Å². The topological polar surface area (TPSA) is 0 Å². The minimum absolute atomic E-state index is 0.108. The number of thiophene rings is 1. The molecular weight excluding hydrogens is 1350 g/mol. The lowest BCUT2D eigenvalue weighted by Crippen LogP contribution is -2.16. The summed E-state index contributed by atoms with van der Waals surface area (Å²) in [6.07, 6.45) is 0. The summed E-state index contributed by atoms with van der Waals surface area (Å²) in [5.74, 6) is 0. The van der Waals surface area contributed by atoms with Gasteiger partial charge in [-0.3, -0.25) is 0 Å². The largest absolute Gasteiger partial charge is 0.135 e. The second kappa shape index (κ2) is 25.1. The molecule has 111 heavy (non-hydrogen) atoms. The third kappa shape index (κ3) is 9.99. The summed E-state index contributed by atoms with van der Waals surface area (Å²) in [7, 11) is 0. The zero-order valence-corrected chi connectivity index (χ0v) is 63.0. The zero-order chi connectivity index (χ0) is 73.8. The smallest absolute Gasteiger partial charge is 0.0434 e. The van der Waals surface area contributed by atoms with Crippen LogP contribution in [0, 0.1) is 0 Å². The Kier molecular flexibility index (Phi) is 14.7. The second-order valence-corrected chi connectivity index (χ2v) is 32.6. The number of rotatable bonds is 7. The molecule has 2 aliphatic rings. The summed E-state index contributed by atoms with van der Waals surface area (Å²) >= 11 is 1.90. The highest BCUT2D eigenvalue weighted by molar-refractivity contribution is 7.26. The van der Waals surface area contributed by atoms with E-state index in [9.17, 15) is 0 Å². The molecule has 1 heteroatoms. The molecule has 2 aliphatic carbocycles. The van der Waals surface area contributed by atoms with Gasteiger partial charge in [0.1, 0.15) is 0 Å². The van der Waals surface area contributed by atoms with Gasteiger partial charge in [-0.2, -0.15) is 0 Å². The van der Waals surface area contributed by atoms with Crippen LogP contribution < -0.4 is 0 Å².